The highest BCUT2D eigenvalue weighted by Crippen LogP contribution is 2.16. The zero-order valence-electron chi connectivity index (χ0n) is 7.69. The Labute approximate surface area is 81.6 Å². The van der Waals surface area contributed by atoms with Gasteiger partial charge in [0, 0.05) is 24.4 Å². The van der Waals surface area contributed by atoms with Crippen LogP contribution < -0.4 is 0 Å². The number of allylic oxidation sites excluding steroid dienone is 2. The number of rotatable bonds is 4. The van der Waals surface area contributed by atoms with Crippen LogP contribution in [0.2, 0.25) is 0 Å². The Morgan fingerprint density at radius 2 is 1.21 bits per heavy atom. The molecule has 0 radical (unpaired) electrons. The Balaban J connectivity index is 2.79. The maximum atomic E-state index is 11.3. The molecule has 0 aliphatic heterocycles. The molecule has 0 aromatic heterocycles. The minimum atomic E-state index is -0.248. The van der Waals surface area contributed by atoms with Gasteiger partial charge in [-0.2, -0.15) is 0 Å². The second-order valence-corrected chi connectivity index (χ2v) is 3.01. The van der Waals surface area contributed by atoms with Crippen LogP contribution >= 0.6 is 0 Å². The second-order valence-electron chi connectivity index (χ2n) is 3.01. The predicted octanol–water partition coefficient (Wildman–Crippen LogP) is -0.244. The van der Waals surface area contributed by atoms with Crippen molar-refractivity contribution in [2.75, 3.05) is 13.2 Å². The van der Waals surface area contributed by atoms with Gasteiger partial charge in [0.05, 0.1) is 0 Å². The average molecular weight is 196 g/mol. The first-order valence-corrected chi connectivity index (χ1v) is 4.40. The Morgan fingerprint density at radius 1 is 0.857 bits per heavy atom. The van der Waals surface area contributed by atoms with Gasteiger partial charge in [-0.3, -0.25) is 9.59 Å². The van der Waals surface area contributed by atoms with Crippen LogP contribution in [0.1, 0.15) is 12.8 Å². The molecular formula is C10H12O4. The molecule has 1 aliphatic carbocycles. The van der Waals surface area contributed by atoms with Crippen LogP contribution in [0.4, 0.5) is 0 Å². The van der Waals surface area contributed by atoms with Gasteiger partial charge in [-0.25, -0.2) is 0 Å². The summed E-state index contributed by atoms with van der Waals surface area (Å²) in [4.78, 5) is 22.7. The van der Waals surface area contributed by atoms with Crippen LogP contribution in [0, 0.1) is 0 Å². The summed E-state index contributed by atoms with van der Waals surface area (Å²) >= 11 is 0. The molecule has 0 fully saturated rings. The molecule has 0 spiro atoms. The molecule has 76 valence electrons. The molecule has 4 heteroatoms. The van der Waals surface area contributed by atoms with E-state index < -0.39 is 0 Å². The summed E-state index contributed by atoms with van der Waals surface area (Å²) < 4.78 is 0. The molecule has 0 saturated carbocycles. The van der Waals surface area contributed by atoms with Gasteiger partial charge in [0.25, 0.3) is 0 Å². The summed E-state index contributed by atoms with van der Waals surface area (Å²) in [7, 11) is 0. The third-order valence-electron chi connectivity index (χ3n) is 2.01. The fourth-order valence-corrected chi connectivity index (χ4v) is 1.28. The third-order valence-corrected chi connectivity index (χ3v) is 2.01. The molecule has 0 amide bonds. The third kappa shape index (κ3) is 2.37. The molecule has 0 aromatic rings. The zero-order chi connectivity index (χ0) is 10.6. The number of ketones is 2. The Hall–Kier alpha value is -1.26. The number of hydrogen-bond donors (Lipinski definition) is 2. The van der Waals surface area contributed by atoms with Crippen LogP contribution in [0.25, 0.3) is 0 Å². The van der Waals surface area contributed by atoms with E-state index in [0.717, 1.165) is 0 Å². The van der Waals surface area contributed by atoms with Gasteiger partial charge >= 0.3 is 0 Å². The number of carbonyl (C=O) groups excluding carboxylic acids is 2. The van der Waals surface area contributed by atoms with Crippen LogP contribution in [0.15, 0.2) is 23.3 Å². The van der Waals surface area contributed by atoms with Crippen LogP contribution in [0.3, 0.4) is 0 Å². The standard InChI is InChI=1S/C10H12O4/c11-3-1-7-5-10(14)8(2-4-12)6-9(7)13/h5-6,11-12H,1-4H2. The van der Waals surface area contributed by atoms with Crippen LogP contribution in [-0.4, -0.2) is 35.0 Å². The zero-order valence-corrected chi connectivity index (χ0v) is 7.69. The van der Waals surface area contributed by atoms with Crippen molar-refractivity contribution < 1.29 is 19.8 Å². The van der Waals surface area contributed by atoms with Crippen molar-refractivity contribution in [2.45, 2.75) is 12.8 Å². The SMILES string of the molecule is O=C1C=C(CCO)C(=O)C=C1CCO. The van der Waals surface area contributed by atoms with Gasteiger partial charge in [0.1, 0.15) is 0 Å². The van der Waals surface area contributed by atoms with Crippen molar-refractivity contribution in [3.63, 3.8) is 0 Å². The summed E-state index contributed by atoms with van der Waals surface area (Å²) in [6.45, 7) is -0.290. The molecule has 14 heavy (non-hydrogen) atoms. The van der Waals surface area contributed by atoms with E-state index in [2.05, 4.69) is 0 Å². The van der Waals surface area contributed by atoms with Crippen LogP contribution in [-0.2, 0) is 9.59 Å². The molecule has 2 N–H and O–H groups in total. The van der Waals surface area contributed by atoms with E-state index in [9.17, 15) is 9.59 Å². The van der Waals surface area contributed by atoms with Crippen molar-refractivity contribution in [1.29, 1.82) is 0 Å². The lowest BCUT2D eigenvalue weighted by atomic mass is 9.94. The van der Waals surface area contributed by atoms with E-state index in [1.807, 2.05) is 0 Å². The number of hydrogen-bond acceptors (Lipinski definition) is 4. The minimum Gasteiger partial charge on any atom is -0.396 e. The molecule has 0 bridgehead atoms. The smallest absolute Gasteiger partial charge is 0.182 e. The highest BCUT2D eigenvalue weighted by atomic mass is 16.3. The fraction of sp³-hybridized carbons (Fsp3) is 0.400. The van der Waals surface area contributed by atoms with E-state index in [1.165, 1.54) is 12.2 Å². The first kappa shape index (κ1) is 10.8. The number of aliphatic hydroxyl groups excluding tert-OH is 2. The molecule has 1 aliphatic rings. The largest absolute Gasteiger partial charge is 0.396 e. The summed E-state index contributed by atoms with van der Waals surface area (Å²) in [6.07, 6.45) is 2.88. The highest BCUT2D eigenvalue weighted by molar-refractivity contribution is 6.19. The summed E-state index contributed by atoms with van der Waals surface area (Å²) in [5, 5.41) is 17.3. The number of aliphatic hydroxyl groups is 2. The van der Waals surface area contributed by atoms with E-state index in [0.29, 0.717) is 11.1 Å². The lowest BCUT2D eigenvalue weighted by Gasteiger charge is -2.10. The van der Waals surface area contributed by atoms with E-state index in [-0.39, 0.29) is 37.6 Å². The van der Waals surface area contributed by atoms with Gasteiger partial charge < -0.3 is 10.2 Å². The van der Waals surface area contributed by atoms with Crippen molar-refractivity contribution >= 4 is 11.6 Å². The van der Waals surface area contributed by atoms with Crippen molar-refractivity contribution in [3.8, 4) is 0 Å². The van der Waals surface area contributed by atoms with Crippen molar-refractivity contribution in [3.05, 3.63) is 23.3 Å². The lowest BCUT2D eigenvalue weighted by molar-refractivity contribution is -0.115. The maximum absolute atomic E-state index is 11.3. The van der Waals surface area contributed by atoms with Crippen LogP contribution in [0.5, 0.6) is 0 Å². The summed E-state index contributed by atoms with van der Waals surface area (Å²) in [5.41, 5.74) is 0.665. The Bertz CT molecular complexity index is 280. The summed E-state index contributed by atoms with van der Waals surface area (Å²) in [5.74, 6) is -0.496. The summed E-state index contributed by atoms with van der Waals surface area (Å²) in [6, 6.07) is 0. The van der Waals surface area contributed by atoms with E-state index in [1.54, 1.807) is 0 Å². The molecule has 4 nitrogen and oxygen atoms in total. The normalized spacial score (nSPS) is 16.7. The molecule has 0 unspecified atom stereocenters. The van der Waals surface area contributed by atoms with Crippen molar-refractivity contribution in [1.82, 2.24) is 0 Å². The monoisotopic (exact) mass is 196 g/mol. The second kappa shape index (κ2) is 4.83. The molecule has 0 atom stereocenters. The lowest BCUT2D eigenvalue weighted by Crippen LogP contribution is -2.14. The molecule has 0 heterocycles. The minimum absolute atomic E-state index is 0.145. The molecule has 0 saturated heterocycles. The Kier molecular flexibility index (Phi) is 3.73. The first-order chi connectivity index (χ1) is 6.69. The van der Waals surface area contributed by atoms with Gasteiger partial charge in [0.2, 0.25) is 0 Å². The molecule has 1 rings (SSSR count). The Morgan fingerprint density at radius 3 is 1.50 bits per heavy atom. The first-order valence-electron chi connectivity index (χ1n) is 4.40. The quantitative estimate of drug-likeness (QED) is 0.608. The van der Waals surface area contributed by atoms with Gasteiger partial charge in [-0.05, 0) is 25.0 Å². The van der Waals surface area contributed by atoms with E-state index in [4.69, 9.17) is 10.2 Å². The fourth-order valence-electron chi connectivity index (χ4n) is 1.28. The average Bonchev–Trinajstić information content (AvgIpc) is 2.14. The topological polar surface area (TPSA) is 74.6 Å². The molecular weight excluding hydrogens is 184 g/mol. The highest BCUT2D eigenvalue weighted by Gasteiger charge is 2.18. The number of carbonyl (C=O) groups is 2. The van der Waals surface area contributed by atoms with Gasteiger partial charge in [0.15, 0.2) is 11.6 Å². The van der Waals surface area contributed by atoms with E-state index >= 15 is 0 Å². The van der Waals surface area contributed by atoms with Gasteiger partial charge in [-0.15, -0.1) is 0 Å². The van der Waals surface area contributed by atoms with Gasteiger partial charge in [-0.1, -0.05) is 0 Å². The molecule has 0 aromatic carbocycles. The predicted molar refractivity (Wildman–Crippen MR) is 49.6 cm³/mol. The van der Waals surface area contributed by atoms with Crippen molar-refractivity contribution in [2.24, 2.45) is 0 Å². The maximum Gasteiger partial charge on any atom is 0.182 e.